The summed E-state index contributed by atoms with van der Waals surface area (Å²) in [4.78, 5) is 73.6. The lowest BCUT2D eigenvalue weighted by atomic mass is 9.84. The van der Waals surface area contributed by atoms with E-state index in [9.17, 15) is 24.0 Å². The number of hydrazine groups is 1. The van der Waals surface area contributed by atoms with Crippen LogP contribution in [0.5, 0.6) is 0 Å². The molecule has 1 aromatic carbocycles. The maximum absolute atomic E-state index is 14.1. The SMILES string of the molecule is CCn1c(-c2cccnc2C(C)OC)c(CC(C)(C)COC=O)c2cc(-c3nc(CC(NC(=O)C(C(C)C)N(C)C=O)C(=O)N4CCC[C@@H](C)N4)sc3N)ccc21.O=CN1CCCC1. The Morgan fingerprint density at radius 1 is 1.11 bits per heavy atom. The molecule has 2 saturated heterocycles. The number of hydrogen-bond donors (Lipinski definition) is 3. The lowest BCUT2D eigenvalue weighted by Gasteiger charge is -2.35. The third kappa shape index (κ3) is 11.8. The summed E-state index contributed by atoms with van der Waals surface area (Å²) in [6, 6.07) is 8.57. The fourth-order valence-electron chi connectivity index (χ4n) is 8.72. The Morgan fingerprint density at radius 2 is 1.84 bits per heavy atom. The van der Waals surface area contributed by atoms with E-state index in [0.29, 0.717) is 48.1 Å². The molecule has 0 radical (unpaired) electrons. The predicted octanol–water partition coefficient (Wildman–Crippen LogP) is 5.77. The summed E-state index contributed by atoms with van der Waals surface area (Å²) in [5, 5.41) is 6.61. The molecule has 4 atom stereocenters. The number of aryl methyl sites for hydroxylation is 1. The number of nitrogens with zero attached hydrogens (tertiary/aromatic N) is 6. The normalized spacial score (nSPS) is 16.8. The minimum absolute atomic E-state index is 0.102. The fourth-order valence-corrected chi connectivity index (χ4v) is 9.62. The van der Waals surface area contributed by atoms with Gasteiger partial charge in [-0.05, 0) is 88.6 Å². The number of aromatic nitrogens is 3. The van der Waals surface area contributed by atoms with Crippen LogP contribution in [0.3, 0.4) is 0 Å². The number of pyridine rings is 1. The number of fused-ring (bicyclic) bond motifs is 1. The number of hydrogen-bond acceptors (Lipinski definition) is 12. The van der Waals surface area contributed by atoms with Gasteiger partial charge in [-0.1, -0.05) is 33.8 Å². The van der Waals surface area contributed by atoms with Crippen LogP contribution in [-0.4, -0.2) is 119 Å². The van der Waals surface area contributed by atoms with Crippen LogP contribution in [0.1, 0.15) is 96.5 Å². The standard InChI is InChI=1S/C42H58N8O6S.C5H9NO/c1-10-49-33-16-15-28(19-30(33)31(21-42(6,7)22-56-24-52)38(49)29-14-11-17-44-35(29)27(5)55-9)36-39(43)57-34(46-36)20-32(41(54)50-18-12-13-26(4)47-50)45-40(53)37(25(2)3)48(8)23-51;7-5-6-3-1-2-4-6/h11,14-17,19,23-27,32,37,47H,10,12-13,18,20-22,43H2,1-9H3,(H,45,53);5H,1-4H2/t26-,27?,32?,37?;/m1./s1. The number of amides is 4. The van der Waals surface area contributed by atoms with Gasteiger partial charge in [0, 0.05) is 86.4 Å². The first-order valence-corrected chi connectivity index (χ1v) is 23.1. The second-order valence-electron chi connectivity index (χ2n) is 17.9. The zero-order chi connectivity index (χ0) is 46.7. The summed E-state index contributed by atoms with van der Waals surface area (Å²) >= 11 is 1.28. The maximum Gasteiger partial charge on any atom is 0.293 e. The van der Waals surface area contributed by atoms with Gasteiger partial charge in [-0.25, -0.2) is 10.4 Å². The van der Waals surface area contributed by atoms with Gasteiger partial charge in [0.2, 0.25) is 18.7 Å². The summed E-state index contributed by atoms with van der Waals surface area (Å²) in [7, 11) is 3.23. The third-order valence-corrected chi connectivity index (χ3v) is 12.8. The smallest absolute Gasteiger partial charge is 0.293 e. The molecule has 4 aromatic rings. The Labute approximate surface area is 381 Å². The molecule has 64 heavy (non-hydrogen) atoms. The molecule has 3 aromatic heterocycles. The number of rotatable bonds is 19. The number of likely N-dealkylation sites (tertiary alicyclic amines) is 1. The molecule has 2 aliphatic heterocycles. The Hall–Kier alpha value is -5.39. The number of carbonyl (C=O) groups is 5. The van der Waals surface area contributed by atoms with Gasteiger partial charge in [0.25, 0.3) is 12.4 Å². The third-order valence-electron chi connectivity index (χ3n) is 11.9. The molecule has 2 aliphatic rings. The van der Waals surface area contributed by atoms with Crippen LogP contribution < -0.4 is 16.5 Å². The Kier molecular flexibility index (Phi) is 17.4. The number of nitrogens with two attached hydrogens (primary N) is 1. The molecule has 0 saturated carbocycles. The van der Waals surface area contributed by atoms with Gasteiger partial charge in [0.1, 0.15) is 22.8 Å². The molecule has 2 fully saturated rings. The summed E-state index contributed by atoms with van der Waals surface area (Å²) in [5.74, 6) is -0.884. The highest BCUT2D eigenvalue weighted by Crippen LogP contribution is 2.42. The number of nitrogen functional groups attached to an aromatic ring is 1. The quantitative estimate of drug-likeness (QED) is 0.0968. The first-order chi connectivity index (χ1) is 30.6. The van der Waals surface area contributed by atoms with Crippen LogP contribution >= 0.6 is 11.3 Å². The number of anilines is 1. The van der Waals surface area contributed by atoms with E-state index in [4.69, 9.17) is 25.2 Å². The van der Waals surface area contributed by atoms with Gasteiger partial charge in [-0.2, -0.15) is 0 Å². The number of likely N-dealkylation sites (N-methyl/N-ethyl adjacent to an activating group) is 1. The number of carbonyl (C=O) groups excluding carboxylic acids is 5. The highest BCUT2D eigenvalue weighted by Gasteiger charge is 2.35. The van der Waals surface area contributed by atoms with Crippen molar-refractivity contribution in [1.82, 2.24) is 40.1 Å². The molecular weight excluding hydrogens is 835 g/mol. The molecule has 16 nitrogen and oxygen atoms in total. The summed E-state index contributed by atoms with van der Waals surface area (Å²) in [6.45, 7) is 17.8. The summed E-state index contributed by atoms with van der Waals surface area (Å²) < 4.78 is 13.3. The van der Waals surface area contributed by atoms with Crippen molar-refractivity contribution < 1.29 is 33.4 Å². The number of nitrogens with one attached hydrogen (secondary N) is 2. The maximum atomic E-state index is 14.1. The molecule has 4 N–H and O–H groups in total. The first-order valence-electron chi connectivity index (χ1n) is 22.3. The lowest BCUT2D eigenvalue weighted by Crippen LogP contribution is -2.60. The van der Waals surface area contributed by atoms with Crippen LogP contribution in [0.2, 0.25) is 0 Å². The van der Waals surface area contributed by atoms with Crippen molar-refractivity contribution in [2.24, 2.45) is 11.3 Å². The van der Waals surface area contributed by atoms with Crippen LogP contribution in [0.25, 0.3) is 33.4 Å². The molecular formula is C47H67N9O7S. The van der Waals surface area contributed by atoms with Crippen molar-refractivity contribution in [2.45, 2.75) is 118 Å². The molecule has 0 bridgehead atoms. The van der Waals surface area contributed by atoms with E-state index in [1.54, 1.807) is 30.3 Å². The topological polar surface area (TPSA) is 194 Å². The van der Waals surface area contributed by atoms with Gasteiger partial charge < -0.3 is 34.9 Å². The minimum Gasteiger partial charge on any atom is -0.467 e. The summed E-state index contributed by atoms with van der Waals surface area (Å²) in [6.07, 6.45) is 7.90. The first kappa shape index (κ1) is 49.6. The van der Waals surface area contributed by atoms with Crippen molar-refractivity contribution in [3.63, 3.8) is 0 Å². The predicted molar refractivity (Wildman–Crippen MR) is 250 cm³/mol. The second kappa shape index (κ2) is 22.5. The molecule has 17 heteroatoms. The molecule has 0 spiro atoms. The molecule has 0 aliphatic carbocycles. The molecule has 348 valence electrons. The molecule has 3 unspecified atom stereocenters. The largest absolute Gasteiger partial charge is 0.467 e. The van der Waals surface area contributed by atoms with Gasteiger partial charge in [0.05, 0.1) is 29.1 Å². The van der Waals surface area contributed by atoms with Crippen LogP contribution in [0.4, 0.5) is 5.00 Å². The monoisotopic (exact) mass is 901 g/mol. The molecule has 4 amide bonds. The van der Waals surface area contributed by atoms with E-state index < -0.39 is 23.4 Å². The average molecular weight is 902 g/mol. The van der Waals surface area contributed by atoms with E-state index in [-0.39, 0.29) is 37.0 Å². The van der Waals surface area contributed by atoms with E-state index >= 15 is 0 Å². The highest BCUT2D eigenvalue weighted by atomic mass is 32.1. The van der Waals surface area contributed by atoms with Crippen LogP contribution in [0, 0.1) is 11.3 Å². The Morgan fingerprint density at radius 3 is 2.45 bits per heavy atom. The van der Waals surface area contributed by atoms with Gasteiger partial charge in [-0.15, -0.1) is 11.3 Å². The van der Waals surface area contributed by atoms with Crippen molar-refractivity contribution in [1.29, 1.82) is 0 Å². The minimum atomic E-state index is -0.954. The zero-order valence-corrected chi connectivity index (χ0v) is 39.7. The van der Waals surface area contributed by atoms with Crippen molar-refractivity contribution in [2.75, 3.05) is 46.1 Å². The number of methoxy groups -OCH3 is 1. The second-order valence-corrected chi connectivity index (χ2v) is 19.0. The summed E-state index contributed by atoms with van der Waals surface area (Å²) in [5.41, 5.74) is 15.8. The lowest BCUT2D eigenvalue weighted by molar-refractivity contribution is -0.143. The van der Waals surface area contributed by atoms with Crippen LogP contribution in [-0.2, 0) is 52.8 Å². The molecule has 5 heterocycles. The number of thiazole rings is 1. The Balaban J connectivity index is 0.00000100. The number of benzene rings is 1. The van der Waals surface area contributed by atoms with E-state index in [1.165, 1.54) is 29.1 Å². The number of ether oxygens (including phenoxy) is 2. The van der Waals surface area contributed by atoms with E-state index in [2.05, 4.69) is 54.3 Å². The van der Waals surface area contributed by atoms with Gasteiger partial charge in [0.15, 0.2) is 0 Å². The fraction of sp³-hybridized carbons (Fsp3) is 0.553. The van der Waals surface area contributed by atoms with Gasteiger partial charge >= 0.3 is 0 Å². The Bertz CT molecular complexity index is 2230. The molecule has 6 rings (SSSR count). The van der Waals surface area contributed by atoms with E-state index in [1.807, 2.05) is 39.8 Å². The van der Waals surface area contributed by atoms with Crippen LogP contribution in [0.15, 0.2) is 36.5 Å². The van der Waals surface area contributed by atoms with Crippen molar-refractivity contribution >= 4 is 58.3 Å². The van der Waals surface area contributed by atoms with Crippen molar-refractivity contribution in [3.8, 4) is 22.5 Å². The highest BCUT2D eigenvalue weighted by molar-refractivity contribution is 7.16. The zero-order valence-electron chi connectivity index (χ0n) is 38.9. The van der Waals surface area contributed by atoms with E-state index in [0.717, 1.165) is 71.3 Å². The van der Waals surface area contributed by atoms with Crippen molar-refractivity contribution in [3.05, 3.63) is 52.8 Å². The average Bonchev–Trinajstić information content (AvgIpc) is 4.02. The van der Waals surface area contributed by atoms with Gasteiger partial charge in [-0.3, -0.25) is 34.0 Å².